The fraction of sp³-hybridized carbons (Fsp3) is 0.0833. The minimum Gasteiger partial charge on any atom is -0.321 e. The number of carbonyl (C=O) groups excluding carboxylic acids is 1. The number of rotatable bonds is 2. The molecule has 2 aromatic rings. The summed E-state index contributed by atoms with van der Waals surface area (Å²) in [6.07, 6.45) is 0. The molecule has 1 N–H and O–H groups in total. The van der Waals surface area contributed by atoms with Crippen molar-refractivity contribution in [3.05, 3.63) is 50.4 Å². The number of halogens is 2. The summed E-state index contributed by atoms with van der Waals surface area (Å²) in [6, 6.07) is 6.09. The quantitative estimate of drug-likeness (QED) is 0.884. The number of anilines is 1. The summed E-state index contributed by atoms with van der Waals surface area (Å²) in [7, 11) is 0. The number of amides is 1. The molecule has 1 aromatic carbocycles. The van der Waals surface area contributed by atoms with Gasteiger partial charge in [-0.25, -0.2) is 4.39 Å². The predicted molar refractivity (Wildman–Crippen MR) is 71.1 cm³/mol. The van der Waals surface area contributed by atoms with E-state index in [1.165, 1.54) is 23.5 Å². The minimum atomic E-state index is -0.308. The van der Waals surface area contributed by atoms with Crippen LogP contribution in [-0.2, 0) is 0 Å². The molecule has 0 unspecified atom stereocenters. The van der Waals surface area contributed by atoms with Crippen molar-refractivity contribution in [2.24, 2.45) is 0 Å². The van der Waals surface area contributed by atoms with Gasteiger partial charge in [0.1, 0.15) is 10.7 Å². The van der Waals surface area contributed by atoms with Gasteiger partial charge in [0.2, 0.25) is 0 Å². The zero-order valence-corrected chi connectivity index (χ0v) is 11.4. The van der Waals surface area contributed by atoms with E-state index >= 15 is 0 Å². The molecule has 1 amide bonds. The smallest absolute Gasteiger partial charge is 0.266 e. The minimum absolute atomic E-state index is 0.193. The van der Waals surface area contributed by atoms with Crippen LogP contribution in [0.4, 0.5) is 10.1 Å². The molecule has 2 nitrogen and oxygen atoms in total. The number of thiophene rings is 1. The summed E-state index contributed by atoms with van der Waals surface area (Å²) in [4.78, 5) is 12.5. The lowest BCUT2D eigenvalue weighted by Crippen LogP contribution is -2.11. The Balaban J connectivity index is 2.22. The Labute approximate surface area is 111 Å². The maximum atomic E-state index is 12.9. The molecule has 0 atom stereocenters. The standard InChI is InChI=1S/C12H9BrFNOS/c1-7-6-8(14)2-3-10(7)15-12(16)11-9(13)4-5-17-11/h2-6H,1H3,(H,15,16). The molecule has 5 heteroatoms. The van der Waals surface area contributed by atoms with E-state index in [-0.39, 0.29) is 11.7 Å². The first-order valence-corrected chi connectivity index (χ1v) is 6.55. The van der Waals surface area contributed by atoms with Crippen LogP contribution in [0.1, 0.15) is 15.2 Å². The molecule has 88 valence electrons. The van der Waals surface area contributed by atoms with Crippen LogP contribution in [0.25, 0.3) is 0 Å². The number of aryl methyl sites for hydroxylation is 1. The summed E-state index contributed by atoms with van der Waals surface area (Å²) in [5.41, 5.74) is 1.32. The third-order valence-electron chi connectivity index (χ3n) is 2.26. The third-order valence-corrected chi connectivity index (χ3v) is 4.10. The highest BCUT2D eigenvalue weighted by Gasteiger charge is 2.12. The Morgan fingerprint density at radius 3 is 2.76 bits per heavy atom. The lowest BCUT2D eigenvalue weighted by atomic mass is 10.2. The van der Waals surface area contributed by atoms with Crippen LogP contribution < -0.4 is 5.32 Å². The molecule has 1 heterocycles. The Kier molecular flexibility index (Phi) is 3.59. The van der Waals surface area contributed by atoms with Crippen LogP contribution in [0.15, 0.2) is 34.1 Å². The maximum Gasteiger partial charge on any atom is 0.266 e. The Hall–Kier alpha value is -1.20. The molecule has 0 saturated heterocycles. The molecular formula is C12H9BrFNOS. The lowest BCUT2D eigenvalue weighted by Gasteiger charge is -2.07. The van der Waals surface area contributed by atoms with Crippen molar-refractivity contribution in [3.8, 4) is 0 Å². The highest BCUT2D eigenvalue weighted by atomic mass is 79.9. The molecule has 0 spiro atoms. The average Bonchev–Trinajstić information content (AvgIpc) is 2.68. The topological polar surface area (TPSA) is 29.1 Å². The molecular weight excluding hydrogens is 305 g/mol. The molecule has 0 aliphatic rings. The second kappa shape index (κ2) is 4.98. The Morgan fingerprint density at radius 2 is 2.18 bits per heavy atom. The highest BCUT2D eigenvalue weighted by molar-refractivity contribution is 9.10. The summed E-state index contributed by atoms with van der Waals surface area (Å²) >= 11 is 4.65. The van der Waals surface area contributed by atoms with Crippen LogP contribution in [0, 0.1) is 12.7 Å². The zero-order chi connectivity index (χ0) is 12.4. The first-order valence-electron chi connectivity index (χ1n) is 4.88. The van der Waals surface area contributed by atoms with Crippen molar-refractivity contribution in [1.29, 1.82) is 0 Å². The maximum absolute atomic E-state index is 12.9. The molecule has 0 radical (unpaired) electrons. The predicted octanol–water partition coefficient (Wildman–Crippen LogP) is 4.21. The van der Waals surface area contributed by atoms with Gasteiger partial charge < -0.3 is 5.32 Å². The fourth-order valence-corrected chi connectivity index (χ4v) is 2.85. The molecule has 2 rings (SSSR count). The van der Waals surface area contributed by atoms with Crippen LogP contribution in [0.2, 0.25) is 0 Å². The number of benzene rings is 1. The van der Waals surface area contributed by atoms with Gasteiger partial charge in [0, 0.05) is 10.2 Å². The van der Waals surface area contributed by atoms with E-state index in [1.807, 2.05) is 11.4 Å². The van der Waals surface area contributed by atoms with E-state index in [4.69, 9.17) is 0 Å². The van der Waals surface area contributed by atoms with E-state index in [0.717, 1.165) is 4.47 Å². The lowest BCUT2D eigenvalue weighted by molar-refractivity contribution is 0.103. The van der Waals surface area contributed by atoms with Crippen molar-refractivity contribution in [3.63, 3.8) is 0 Å². The average molecular weight is 314 g/mol. The zero-order valence-electron chi connectivity index (χ0n) is 8.96. The molecule has 1 aromatic heterocycles. The van der Waals surface area contributed by atoms with Gasteiger partial charge in [-0.2, -0.15) is 0 Å². The molecule has 0 bridgehead atoms. The normalized spacial score (nSPS) is 10.3. The molecule has 0 saturated carbocycles. The number of carbonyl (C=O) groups is 1. The van der Waals surface area contributed by atoms with Crippen molar-refractivity contribution < 1.29 is 9.18 Å². The van der Waals surface area contributed by atoms with Gasteiger partial charge in [0.25, 0.3) is 5.91 Å². The summed E-state index contributed by atoms with van der Waals surface area (Å²) in [6.45, 7) is 1.75. The van der Waals surface area contributed by atoms with Crippen LogP contribution in [-0.4, -0.2) is 5.91 Å². The highest BCUT2D eigenvalue weighted by Crippen LogP contribution is 2.24. The van der Waals surface area contributed by atoms with Crippen LogP contribution in [0.5, 0.6) is 0 Å². The molecule has 0 aliphatic carbocycles. The second-order valence-electron chi connectivity index (χ2n) is 3.51. The molecule has 0 aliphatic heterocycles. The van der Waals surface area contributed by atoms with E-state index < -0.39 is 0 Å². The Bertz CT molecular complexity index is 567. The van der Waals surface area contributed by atoms with Gasteiger partial charge in [-0.15, -0.1) is 11.3 Å². The summed E-state index contributed by atoms with van der Waals surface area (Å²) < 4.78 is 13.7. The van der Waals surface area contributed by atoms with Crippen molar-refractivity contribution in [2.45, 2.75) is 6.92 Å². The second-order valence-corrected chi connectivity index (χ2v) is 5.28. The SMILES string of the molecule is Cc1cc(F)ccc1NC(=O)c1sccc1Br. The van der Waals surface area contributed by atoms with Gasteiger partial charge in [-0.3, -0.25) is 4.79 Å². The van der Waals surface area contributed by atoms with Gasteiger partial charge in [0.15, 0.2) is 0 Å². The van der Waals surface area contributed by atoms with Gasteiger partial charge >= 0.3 is 0 Å². The third kappa shape index (κ3) is 2.73. The molecule has 17 heavy (non-hydrogen) atoms. The van der Waals surface area contributed by atoms with Gasteiger partial charge in [-0.1, -0.05) is 0 Å². The monoisotopic (exact) mass is 313 g/mol. The number of hydrogen-bond acceptors (Lipinski definition) is 2. The van der Waals surface area contributed by atoms with Gasteiger partial charge in [-0.05, 0) is 58.1 Å². The van der Waals surface area contributed by atoms with Gasteiger partial charge in [0.05, 0.1) is 0 Å². The summed E-state index contributed by atoms with van der Waals surface area (Å²) in [5, 5.41) is 4.59. The van der Waals surface area contributed by atoms with E-state index in [0.29, 0.717) is 16.1 Å². The van der Waals surface area contributed by atoms with Crippen LogP contribution in [0.3, 0.4) is 0 Å². The van der Waals surface area contributed by atoms with Crippen molar-refractivity contribution >= 4 is 38.9 Å². The largest absolute Gasteiger partial charge is 0.321 e. The number of hydrogen-bond donors (Lipinski definition) is 1. The molecule has 0 fully saturated rings. The van der Waals surface area contributed by atoms with E-state index in [2.05, 4.69) is 21.2 Å². The van der Waals surface area contributed by atoms with E-state index in [1.54, 1.807) is 13.0 Å². The number of nitrogens with one attached hydrogen (secondary N) is 1. The van der Waals surface area contributed by atoms with Crippen molar-refractivity contribution in [1.82, 2.24) is 0 Å². The Morgan fingerprint density at radius 1 is 1.41 bits per heavy atom. The first kappa shape index (κ1) is 12.3. The fourth-order valence-electron chi connectivity index (χ4n) is 1.40. The van der Waals surface area contributed by atoms with E-state index in [9.17, 15) is 9.18 Å². The first-order chi connectivity index (χ1) is 8.08. The van der Waals surface area contributed by atoms with Crippen molar-refractivity contribution in [2.75, 3.05) is 5.32 Å². The summed E-state index contributed by atoms with van der Waals surface area (Å²) in [5.74, 6) is -0.501. The van der Waals surface area contributed by atoms with Crippen LogP contribution >= 0.6 is 27.3 Å².